The number of rotatable bonds is 6. The Morgan fingerprint density at radius 3 is 2.42 bits per heavy atom. The van der Waals surface area contributed by atoms with Crippen molar-refractivity contribution in [2.24, 2.45) is 11.8 Å². The van der Waals surface area contributed by atoms with Crippen LogP contribution in [0, 0.1) is 17.7 Å². The average molecular weight is 550 g/mol. The van der Waals surface area contributed by atoms with E-state index in [9.17, 15) is 9.59 Å². The molecular formula is C30H45ClFN3O3. The largest absolute Gasteiger partial charge is 0.468 e. The van der Waals surface area contributed by atoms with Crippen molar-refractivity contribution in [3.8, 4) is 0 Å². The Balaban J connectivity index is 1.49. The van der Waals surface area contributed by atoms with Crippen molar-refractivity contribution in [3.63, 3.8) is 0 Å². The van der Waals surface area contributed by atoms with Crippen molar-refractivity contribution in [1.82, 2.24) is 14.7 Å². The molecule has 2 heterocycles. The first-order chi connectivity index (χ1) is 18.0. The molecule has 1 amide bonds. The van der Waals surface area contributed by atoms with Crippen molar-refractivity contribution in [3.05, 3.63) is 34.6 Å². The third kappa shape index (κ3) is 6.53. The van der Waals surface area contributed by atoms with E-state index in [1.807, 2.05) is 4.90 Å². The average Bonchev–Trinajstić information content (AvgIpc) is 3.33. The van der Waals surface area contributed by atoms with Gasteiger partial charge in [-0.3, -0.25) is 19.4 Å². The van der Waals surface area contributed by atoms with E-state index in [-0.39, 0.29) is 47.2 Å². The Bertz CT molecular complexity index is 993. The first-order valence-electron chi connectivity index (χ1n) is 14.3. The minimum absolute atomic E-state index is 0.0471. The quantitative estimate of drug-likeness (QED) is 0.448. The van der Waals surface area contributed by atoms with Crippen molar-refractivity contribution < 1.29 is 18.7 Å². The minimum atomic E-state index is -0.349. The maximum atomic E-state index is 15.0. The molecule has 3 fully saturated rings. The van der Waals surface area contributed by atoms with Crippen molar-refractivity contribution in [2.45, 2.75) is 89.8 Å². The number of amides is 1. The molecule has 2 saturated heterocycles. The van der Waals surface area contributed by atoms with Crippen LogP contribution in [0.2, 0.25) is 5.02 Å². The molecule has 212 valence electrons. The zero-order valence-corrected chi connectivity index (χ0v) is 24.5. The summed E-state index contributed by atoms with van der Waals surface area (Å²) in [6.07, 6.45) is 6.94. The van der Waals surface area contributed by atoms with Crippen LogP contribution in [0.5, 0.6) is 0 Å². The number of esters is 1. The molecular weight excluding hydrogens is 505 g/mol. The highest BCUT2D eigenvalue weighted by Crippen LogP contribution is 2.39. The lowest BCUT2D eigenvalue weighted by molar-refractivity contribution is -0.151. The second-order valence-corrected chi connectivity index (χ2v) is 13.0. The number of benzene rings is 1. The van der Waals surface area contributed by atoms with Gasteiger partial charge in [-0.25, -0.2) is 4.39 Å². The van der Waals surface area contributed by atoms with Gasteiger partial charge in [0.2, 0.25) is 5.91 Å². The Morgan fingerprint density at radius 2 is 1.82 bits per heavy atom. The fourth-order valence-corrected chi connectivity index (χ4v) is 6.96. The zero-order valence-electron chi connectivity index (χ0n) is 23.7. The monoisotopic (exact) mass is 549 g/mol. The molecule has 4 rings (SSSR count). The van der Waals surface area contributed by atoms with E-state index in [4.69, 9.17) is 16.3 Å². The van der Waals surface area contributed by atoms with E-state index in [1.165, 1.54) is 45.3 Å². The normalized spacial score (nSPS) is 26.9. The van der Waals surface area contributed by atoms with Crippen LogP contribution in [0.3, 0.4) is 0 Å². The highest BCUT2D eigenvalue weighted by atomic mass is 35.5. The van der Waals surface area contributed by atoms with E-state index in [0.717, 1.165) is 6.42 Å². The number of methoxy groups -OCH3 is 1. The molecule has 0 bridgehead atoms. The zero-order chi connectivity index (χ0) is 27.6. The number of hydrogen-bond acceptors (Lipinski definition) is 5. The number of nitrogens with zero attached hydrogens (tertiary/aromatic N) is 3. The van der Waals surface area contributed by atoms with Gasteiger partial charge in [-0.15, -0.1) is 0 Å². The van der Waals surface area contributed by atoms with Gasteiger partial charge in [-0.2, -0.15) is 0 Å². The minimum Gasteiger partial charge on any atom is -0.468 e. The van der Waals surface area contributed by atoms with Gasteiger partial charge >= 0.3 is 5.97 Å². The van der Waals surface area contributed by atoms with E-state index >= 15 is 4.39 Å². The van der Waals surface area contributed by atoms with Gasteiger partial charge in [-0.05, 0) is 57.7 Å². The van der Waals surface area contributed by atoms with Gasteiger partial charge in [0.25, 0.3) is 0 Å². The van der Waals surface area contributed by atoms with Crippen LogP contribution in [-0.4, -0.2) is 84.0 Å². The molecule has 2 aliphatic heterocycles. The van der Waals surface area contributed by atoms with E-state index in [0.29, 0.717) is 49.2 Å². The molecule has 0 N–H and O–H groups in total. The Labute approximate surface area is 232 Å². The first-order valence-corrected chi connectivity index (χ1v) is 14.7. The SMILES string of the molecule is COC(=O)[C@H](CC1CCCCC1)N1CCN(C(=O)[C@@H]2CN(C(C)(C)C)C[C@H]2c2ccc(Cl)cc2F)[C@@H](C)C1. The number of ether oxygens (including phenoxy) is 1. The molecule has 0 spiro atoms. The van der Waals surface area contributed by atoms with Crippen molar-refractivity contribution in [2.75, 3.05) is 39.8 Å². The van der Waals surface area contributed by atoms with Crippen LogP contribution in [0.1, 0.15) is 77.7 Å². The number of likely N-dealkylation sites (tertiary alicyclic amines) is 1. The van der Waals surface area contributed by atoms with Gasteiger partial charge in [0.1, 0.15) is 11.9 Å². The number of carbonyl (C=O) groups is 2. The summed E-state index contributed by atoms with van der Waals surface area (Å²) in [5.74, 6) is -0.462. The Kier molecular flexibility index (Phi) is 9.42. The lowest BCUT2D eigenvalue weighted by Gasteiger charge is -2.44. The van der Waals surface area contributed by atoms with Crippen molar-refractivity contribution >= 4 is 23.5 Å². The third-order valence-corrected chi connectivity index (χ3v) is 9.32. The van der Waals surface area contributed by atoms with Gasteiger partial charge in [0, 0.05) is 55.2 Å². The molecule has 38 heavy (non-hydrogen) atoms. The van der Waals surface area contributed by atoms with Gasteiger partial charge in [-0.1, -0.05) is 49.8 Å². The molecule has 8 heteroatoms. The molecule has 0 radical (unpaired) electrons. The lowest BCUT2D eigenvalue weighted by atomic mass is 9.84. The second kappa shape index (κ2) is 12.2. The van der Waals surface area contributed by atoms with Crippen LogP contribution in [0.25, 0.3) is 0 Å². The third-order valence-electron chi connectivity index (χ3n) is 9.09. The smallest absolute Gasteiger partial charge is 0.323 e. The molecule has 1 aliphatic carbocycles. The first kappa shape index (κ1) is 29.3. The molecule has 0 aromatic heterocycles. The molecule has 6 nitrogen and oxygen atoms in total. The fraction of sp³-hybridized carbons (Fsp3) is 0.733. The summed E-state index contributed by atoms with van der Waals surface area (Å²) in [5, 5.41) is 0.359. The summed E-state index contributed by atoms with van der Waals surface area (Å²) in [7, 11) is 1.47. The molecule has 1 saturated carbocycles. The predicted molar refractivity (Wildman–Crippen MR) is 149 cm³/mol. The molecule has 1 aromatic carbocycles. The molecule has 0 unspecified atom stereocenters. The Morgan fingerprint density at radius 1 is 1.11 bits per heavy atom. The second-order valence-electron chi connectivity index (χ2n) is 12.6. The number of halogens is 2. The topological polar surface area (TPSA) is 53.1 Å². The summed E-state index contributed by atoms with van der Waals surface area (Å²) in [6, 6.07) is 4.49. The highest BCUT2D eigenvalue weighted by Gasteiger charge is 2.46. The van der Waals surface area contributed by atoms with Gasteiger partial charge in [0.05, 0.1) is 13.0 Å². The summed E-state index contributed by atoms with van der Waals surface area (Å²) >= 11 is 6.03. The van der Waals surface area contributed by atoms with Crippen LogP contribution in [0.4, 0.5) is 4.39 Å². The summed E-state index contributed by atoms with van der Waals surface area (Å²) in [5.41, 5.74) is 0.428. The standard InChI is InChI=1S/C30H45ClFN3O3/c1-20-17-33(27(29(37)38-5)15-21-9-7-6-8-10-21)13-14-35(20)28(36)25-19-34(30(2,3)4)18-24(25)23-12-11-22(31)16-26(23)32/h11-12,16,20-21,24-25,27H,6-10,13-15,17-19H2,1-5H3/t20-,24-,25+,27-/m0/s1. The molecule has 4 atom stereocenters. The summed E-state index contributed by atoms with van der Waals surface area (Å²) in [6.45, 7) is 11.5. The number of carbonyl (C=O) groups excluding carboxylic acids is 2. The number of hydrogen-bond donors (Lipinski definition) is 0. The number of piperazine rings is 1. The van der Waals surface area contributed by atoms with Gasteiger partial charge in [0.15, 0.2) is 0 Å². The van der Waals surface area contributed by atoms with E-state index in [2.05, 4.69) is 37.5 Å². The Hall–Kier alpha value is -1.70. The highest BCUT2D eigenvalue weighted by molar-refractivity contribution is 6.30. The van der Waals surface area contributed by atoms with Crippen LogP contribution in [0.15, 0.2) is 18.2 Å². The van der Waals surface area contributed by atoms with Crippen LogP contribution < -0.4 is 0 Å². The summed E-state index contributed by atoms with van der Waals surface area (Å²) < 4.78 is 20.3. The van der Waals surface area contributed by atoms with E-state index in [1.54, 1.807) is 12.1 Å². The van der Waals surface area contributed by atoms with Crippen LogP contribution >= 0.6 is 11.6 Å². The maximum Gasteiger partial charge on any atom is 0.323 e. The van der Waals surface area contributed by atoms with Crippen molar-refractivity contribution in [1.29, 1.82) is 0 Å². The summed E-state index contributed by atoms with van der Waals surface area (Å²) in [4.78, 5) is 33.3. The van der Waals surface area contributed by atoms with Gasteiger partial charge < -0.3 is 9.64 Å². The maximum absolute atomic E-state index is 15.0. The molecule has 1 aromatic rings. The van der Waals surface area contributed by atoms with E-state index < -0.39 is 0 Å². The predicted octanol–water partition coefficient (Wildman–Crippen LogP) is 5.34. The lowest BCUT2D eigenvalue weighted by Crippen LogP contribution is -2.59. The fourth-order valence-electron chi connectivity index (χ4n) is 6.80. The van der Waals surface area contributed by atoms with Crippen LogP contribution in [-0.2, 0) is 14.3 Å². The molecule has 3 aliphatic rings.